The van der Waals surface area contributed by atoms with Gasteiger partial charge < -0.3 is 25.3 Å². The van der Waals surface area contributed by atoms with Gasteiger partial charge in [-0.25, -0.2) is 4.68 Å². The number of nitrogens with two attached hydrogens (primary N) is 1. The number of anilines is 1. The van der Waals surface area contributed by atoms with Gasteiger partial charge in [-0.05, 0) is 36.1 Å². The average Bonchev–Trinajstić information content (AvgIpc) is 3.40. The molecular weight excluding hydrogens is 406 g/mol. The van der Waals surface area contributed by atoms with Crippen LogP contribution in [0.3, 0.4) is 0 Å². The van der Waals surface area contributed by atoms with E-state index in [1.807, 2.05) is 17.5 Å². The van der Waals surface area contributed by atoms with Crippen LogP contribution in [0.1, 0.15) is 18.5 Å². The molecule has 1 aliphatic rings. The fourth-order valence-electron chi connectivity index (χ4n) is 3.55. The standard InChI is InChI=1S/C20H21N5O4S/c1-10-15(18(21)26)16(11-8-12(27-2)17(29-4)13(9-11)28-3)25-20(22-10)23-19(24-25)14-6-5-7-30-14/h5-9,16H,1-4H3,(H2,21,26)(H,22,23,24). The molecule has 0 saturated heterocycles. The van der Waals surface area contributed by atoms with Gasteiger partial charge in [0, 0.05) is 5.70 Å². The SMILES string of the molecule is COc1cc(C2C(C(N)=O)=C(C)Nc3nc(-c4cccs4)nn32)cc(OC)c1OC. The number of aromatic nitrogens is 3. The summed E-state index contributed by atoms with van der Waals surface area (Å²) in [5.74, 6) is 1.90. The van der Waals surface area contributed by atoms with Crippen LogP contribution in [0.25, 0.3) is 10.7 Å². The minimum absolute atomic E-state index is 0.374. The van der Waals surface area contributed by atoms with Crippen LogP contribution in [-0.4, -0.2) is 42.0 Å². The number of carbonyl (C=O) groups excluding carboxylic acids is 1. The van der Waals surface area contributed by atoms with E-state index in [4.69, 9.17) is 19.9 Å². The van der Waals surface area contributed by atoms with Crippen LogP contribution >= 0.6 is 11.3 Å². The Morgan fingerprint density at radius 3 is 2.43 bits per heavy atom. The van der Waals surface area contributed by atoms with Gasteiger partial charge in [0.25, 0.3) is 0 Å². The summed E-state index contributed by atoms with van der Waals surface area (Å²) in [6.07, 6.45) is 0. The lowest BCUT2D eigenvalue weighted by molar-refractivity contribution is -0.115. The molecule has 0 saturated carbocycles. The Labute approximate surface area is 177 Å². The summed E-state index contributed by atoms with van der Waals surface area (Å²) >= 11 is 1.53. The van der Waals surface area contributed by atoms with E-state index >= 15 is 0 Å². The third-order valence-electron chi connectivity index (χ3n) is 4.86. The van der Waals surface area contributed by atoms with Gasteiger partial charge in [0.1, 0.15) is 6.04 Å². The predicted molar refractivity (Wildman–Crippen MR) is 113 cm³/mol. The van der Waals surface area contributed by atoms with Crippen molar-refractivity contribution in [2.45, 2.75) is 13.0 Å². The van der Waals surface area contributed by atoms with Crippen LogP contribution in [0.5, 0.6) is 17.2 Å². The van der Waals surface area contributed by atoms with Gasteiger partial charge in [-0.15, -0.1) is 16.4 Å². The Morgan fingerprint density at radius 2 is 1.90 bits per heavy atom. The highest BCUT2D eigenvalue weighted by molar-refractivity contribution is 7.13. The topological polar surface area (TPSA) is 114 Å². The summed E-state index contributed by atoms with van der Waals surface area (Å²) in [7, 11) is 4.61. The predicted octanol–water partition coefficient (Wildman–Crippen LogP) is 2.81. The highest BCUT2D eigenvalue weighted by Gasteiger charge is 2.34. The molecule has 3 N–H and O–H groups in total. The van der Waals surface area contributed by atoms with Crippen molar-refractivity contribution >= 4 is 23.2 Å². The molecule has 2 aromatic heterocycles. The van der Waals surface area contributed by atoms with Crippen molar-refractivity contribution in [1.82, 2.24) is 14.8 Å². The van der Waals surface area contributed by atoms with E-state index < -0.39 is 11.9 Å². The lowest BCUT2D eigenvalue weighted by Gasteiger charge is -2.28. The van der Waals surface area contributed by atoms with E-state index in [0.29, 0.717) is 45.9 Å². The monoisotopic (exact) mass is 427 g/mol. The second kappa shape index (κ2) is 7.71. The van der Waals surface area contributed by atoms with Crippen LogP contribution in [-0.2, 0) is 4.79 Å². The number of nitrogens with one attached hydrogen (secondary N) is 1. The lowest BCUT2D eigenvalue weighted by atomic mass is 9.94. The number of primary amides is 1. The number of hydrogen-bond donors (Lipinski definition) is 2. The molecular formula is C20H21N5O4S. The van der Waals surface area contributed by atoms with Gasteiger partial charge in [0.2, 0.25) is 17.6 Å². The number of benzene rings is 1. The first-order chi connectivity index (χ1) is 14.5. The highest BCUT2D eigenvalue weighted by Crippen LogP contribution is 2.44. The molecule has 0 spiro atoms. The molecule has 30 heavy (non-hydrogen) atoms. The van der Waals surface area contributed by atoms with E-state index in [0.717, 1.165) is 4.88 Å². The molecule has 0 fully saturated rings. The van der Waals surface area contributed by atoms with Crippen molar-refractivity contribution in [2.24, 2.45) is 5.73 Å². The summed E-state index contributed by atoms with van der Waals surface area (Å²) in [6.45, 7) is 1.79. The van der Waals surface area contributed by atoms with E-state index in [-0.39, 0.29) is 0 Å². The molecule has 1 atom stereocenters. The smallest absolute Gasteiger partial charge is 0.248 e. The molecule has 156 valence electrons. The van der Waals surface area contributed by atoms with Crippen molar-refractivity contribution in [1.29, 1.82) is 0 Å². The molecule has 1 amide bonds. The fourth-order valence-corrected chi connectivity index (χ4v) is 4.20. The zero-order valence-electron chi connectivity index (χ0n) is 16.9. The van der Waals surface area contributed by atoms with Crippen LogP contribution in [0.2, 0.25) is 0 Å². The first-order valence-electron chi connectivity index (χ1n) is 9.06. The second-order valence-electron chi connectivity index (χ2n) is 6.57. The van der Waals surface area contributed by atoms with Crippen LogP contribution in [0.15, 0.2) is 40.9 Å². The highest BCUT2D eigenvalue weighted by atomic mass is 32.1. The minimum Gasteiger partial charge on any atom is -0.493 e. The Bertz CT molecular complexity index is 1110. The van der Waals surface area contributed by atoms with Gasteiger partial charge in [-0.1, -0.05) is 6.07 Å². The number of amides is 1. The van der Waals surface area contributed by atoms with Crippen molar-refractivity contribution in [3.63, 3.8) is 0 Å². The number of fused-ring (bicyclic) bond motifs is 1. The summed E-state index contributed by atoms with van der Waals surface area (Å²) in [5.41, 5.74) is 7.44. The average molecular weight is 427 g/mol. The Balaban J connectivity index is 1.94. The summed E-state index contributed by atoms with van der Waals surface area (Å²) in [5, 5.41) is 9.77. The van der Waals surface area contributed by atoms with Gasteiger partial charge in [-0.3, -0.25) is 4.79 Å². The quantitative estimate of drug-likeness (QED) is 0.622. The first-order valence-corrected chi connectivity index (χ1v) is 9.94. The Morgan fingerprint density at radius 1 is 1.20 bits per heavy atom. The number of methoxy groups -OCH3 is 3. The lowest BCUT2D eigenvalue weighted by Crippen LogP contribution is -2.31. The van der Waals surface area contributed by atoms with Crippen molar-refractivity contribution in [3.8, 4) is 28.0 Å². The Kier molecular flexibility index (Phi) is 5.08. The van der Waals surface area contributed by atoms with Crippen LogP contribution < -0.4 is 25.3 Å². The minimum atomic E-state index is -0.617. The van der Waals surface area contributed by atoms with Gasteiger partial charge >= 0.3 is 0 Å². The van der Waals surface area contributed by atoms with Gasteiger partial charge in [0.15, 0.2) is 17.3 Å². The Hall–Kier alpha value is -3.53. The fraction of sp³-hybridized carbons (Fsp3) is 0.250. The molecule has 0 radical (unpaired) electrons. The maximum absolute atomic E-state index is 12.4. The molecule has 4 rings (SSSR count). The first kappa shape index (κ1) is 19.8. The molecule has 3 heterocycles. The van der Waals surface area contributed by atoms with Crippen molar-refractivity contribution in [3.05, 3.63) is 46.5 Å². The maximum atomic E-state index is 12.4. The number of carbonyl (C=O) groups is 1. The molecule has 0 bridgehead atoms. The number of nitrogens with zero attached hydrogens (tertiary/aromatic N) is 3. The maximum Gasteiger partial charge on any atom is 0.248 e. The normalized spacial score (nSPS) is 15.4. The molecule has 9 nitrogen and oxygen atoms in total. The summed E-state index contributed by atoms with van der Waals surface area (Å²) in [6, 6.07) is 6.82. The zero-order chi connectivity index (χ0) is 21.4. The molecule has 1 aliphatic heterocycles. The van der Waals surface area contributed by atoms with E-state index in [1.54, 1.807) is 23.7 Å². The molecule has 10 heteroatoms. The van der Waals surface area contributed by atoms with Crippen molar-refractivity contribution in [2.75, 3.05) is 26.6 Å². The van der Waals surface area contributed by atoms with Crippen LogP contribution in [0.4, 0.5) is 5.95 Å². The van der Waals surface area contributed by atoms with Gasteiger partial charge in [-0.2, -0.15) is 4.98 Å². The van der Waals surface area contributed by atoms with Crippen molar-refractivity contribution < 1.29 is 19.0 Å². The summed E-state index contributed by atoms with van der Waals surface area (Å²) < 4.78 is 18.1. The third kappa shape index (κ3) is 3.14. The molecule has 0 aliphatic carbocycles. The third-order valence-corrected chi connectivity index (χ3v) is 5.73. The van der Waals surface area contributed by atoms with Crippen LogP contribution in [0, 0.1) is 0 Å². The van der Waals surface area contributed by atoms with E-state index in [2.05, 4.69) is 15.4 Å². The number of thiophene rings is 1. The molecule has 1 unspecified atom stereocenters. The largest absolute Gasteiger partial charge is 0.493 e. The van der Waals surface area contributed by atoms with E-state index in [9.17, 15) is 4.79 Å². The second-order valence-corrected chi connectivity index (χ2v) is 7.52. The van der Waals surface area contributed by atoms with Gasteiger partial charge in [0.05, 0.1) is 31.8 Å². The number of rotatable bonds is 6. The zero-order valence-corrected chi connectivity index (χ0v) is 17.7. The molecule has 3 aromatic rings. The number of allylic oxidation sites excluding steroid dienone is 1. The summed E-state index contributed by atoms with van der Waals surface area (Å²) in [4.78, 5) is 17.9. The van der Waals surface area contributed by atoms with E-state index in [1.165, 1.54) is 32.7 Å². The number of ether oxygens (including phenoxy) is 3. The number of hydrogen-bond acceptors (Lipinski definition) is 8. The molecule has 1 aromatic carbocycles.